The highest BCUT2D eigenvalue weighted by Gasteiger charge is 2.29. The zero-order valence-electron chi connectivity index (χ0n) is 11.3. The van der Waals surface area contributed by atoms with Gasteiger partial charge >= 0.3 is 0 Å². The van der Waals surface area contributed by atoms with Gasteiger partial charge in [-0.2, -0.15) is 0 Å². The minimum Gasteiger partial charge on any atom is -0.352 e. The van der Waals surface area contributed by atoms with Gasteiger partial charge in [-0.05, 0) is 30.5 Å². The van der Waals surface area contributed by atoms with E-state index in [-0.39, 0.29) is 11.2 Å². The summed E-state index contributed by atoms with van der Waals surface area (Å²) in [6.07, 6.45) is 3.83. The van der Waals surface area contributed by atoms with Crippen LogP contribution in [0, 0.1) is 0 Å². The number of nitrogens with zero attached hydrogens (tertiary/aromatic N) is 1. The van der Waals surface area contributed by atoms with E-state index >= 15 is 0 Å². The summed E-state index contributed by atoms with van der Waals surface area (Å²) in [7, 11) is 0. The molecule has 1 amide bonds. The summed E-state index contributed by atoms with van der Waals surface area (Å²) in [5.41, 5.74) is 0.961. The van der Waals surface area contributed by atoms with Crippen molar-refractivity contribution in [2.75, 3.05) is 0 Å². The number of pyridine rings is 1. The van der Waals surface area contributed by atoms with Gasteiger partial charge in [0.05, 0.1) is 5.02 Å². The van der Waals surface area contributed by atoms with Gasteiger partial charge in [0.1, 0.15) is 10.3 Å². The lowest BCUT2D eigenvalue weighted by atomic mass is 10.1. The van der Waals surface area contributed by atoms with Crippen LogP contribution in [-0.4, -0.2) is 16.9 Å². The van der Waals surface area contributed by atoms with Crippen molar-refractivity contribution in [3.8, 4) is 0 Å². The second kappa shape index (κ2) is 6.50. The summed E-state index contributed by atoms with van der Waals surface area (Å²) in [6.45, 7) is 0. The smallest absolute Gasteiger partial charge is 0.238 e. The van der Waals surface area contributed by atoms with Gasteiger partial charge in [-0.3, -0.25) is 4.79 Å². The molecule has 1 aliphatic carbocycles. The van der Waals surface area contributed by atoms with Crippen molar-refractivity contribution in [3.05, 3.63) is 59.2 Å². The summed E-state index contributed by atoms with van der Waals surface area (Å²) < 4.78 is 0. The third-order valence-electron chi connectivity index (χ3n) is 3.22. The molecule has 1 aromatic carbocycles. The standard InChI is InChI=1S/C16H15ClN2OS/c17-13-7-4-10-18-16(13)21-14(11-5-2-1-3-6-11)15(20)19-12-8-9-12/h1-7,10,12,14H,8-9H2,(H,19,20)/t14-/m0/s1. The summed E-state index contributed by atoms with van der Waals surface area (Å²) in [5, 5.41) is 3.98. The van der Waals surface area contributed by atoms with Gasteiger partial charge < -0.3 is 5.32 Å². The van der Waals surface area contributed by atoms with Gasteiger partial charge in [0.25, 0.3) is 0 Å². The molecule has 1 aliphatic rings. The van der Waals surface area contributed by atoms with E-state index in [1.165, 1.54) is 11.8 Å². The molecule has 0 saturated heterocycles. The van der Waals surface area contributed by atoms with E-state index in [2.05, 4.69) is 10.3 Å². The molecule has 0 aliphatic heterocycles. The number of amides is 1. The van der Waals surface area contributed by atoms with Crippen LogP contribution in [0.1, 0.15) is 23.7 Å². The Bertz CT molecular complexity index is 631. The van der Waals surface area contributed by atoms with Crippen LogP contribution in [0.3, 0.4) is 0 Å². The minimum atomic E-state index is -0.334. The first-order chi connectivity index (χ1) is 10.2. The fourth-order valence-corrected chi connectivity index (χ4v) is 3.22. The molecule has 1 saturated carbocycles. The molecule has 5 heteroatoms. The predicted molar refractivity (Wildman–Crippen MR) is 85.5 cm³/mol. The lowest BCUT2D eigenvalue weighted by Gasteiger charge is -2.16. The van der Waals surface area contributed by atoms with E-state index in [0.29, 0.717) is 16.1 Å². The highest BCUT2D eigenvalue weighted by Crippen LogP contribution is 2.38. The summed E-state index contributed by atoms with van der Waals surface area (Å²) >= 11 is 7.55. The maximum Gasteiger partial charge on any atom is 0.238 e. The van der Waals surface area contributed by atoms with Crippen LogP contribution in [0.4, 0.5) is 0 Å². The highest BCUT2D eigenvalue weighted by atomic mass is 35.5. The average Bonchev–Trinajstić information content (AvgIpc) is 3.31. The Morgan fingerprint density at radius 1 is 1.24 bits per heavy atom. The number of hydrogen-bond donors (Lipinski definition) is 1. The number of thioether (sulfide) groups is 1. The zero-order valence-corrected chi connectivity index (χ0v) is 12.9. The Morgan fingerprint density at radius 3 is 2.67 bits per heavy atom. The molecule has 108 valence electrons. The lowest BCUT2D eigenvalue weighted by Crippen LogP contribution is -2.29. The highest BCUT2D eigenvalue weighted by molar-refractivity contribution is 8.00. The molecule has 1 atom stereocenters. The molecule has 2 aromatic rings. The van der Waals surface area contributed by atoms with Crippen LogP contribution < -0.4 is 5.32 Å². The van der Waals surface area contributed by atoms with Gasteiger partial charge in [0, 0.05) is 12.2 Å². The Morgan fingerprint density at radius 2 is 2.00 bits per heavy atom. The van der Waals surface area contributed by atoms with E-state index in [9.17, 15) is 4.79 Å². The number of hydrogen-bond acceptors (Lipinski definition) is 3. The number of rotatable bonds is 5. The largest absolute Gasteiger partial charge is 0.352 e. The van der Waals surface area contributed by atoms with Gasteiger partial charge in [-0.25, -0.2) is 4.98 Å². The van der Waals surface area contributed by atoms with E-state index in [4.69, 9.17) is 11.6 Å². The van der Waals surface area contributed by atoms with Gasteiger partial charge in [0.15, 0.2) is 0 Å². The van der Waals surface area contributed by atoms with Crippen molar-refractivity contribution in [1.82, 2.24) is 10.3 Å². The molecular formula is C16H15ClN2OS. The van der Waals surface area contributed by atoms with Crippen molar-refractivity contribution in [2.24, 2.45) is 0 Å². The normalized spacial score (nSPS) is 15.5. The number of benzene rings is 1. The fraction of sp³-hybridized carbons (Fsp3) is 0.250. The molecular weight excluding hydrogens is 304 g/mol. The lowest BCUT2D eigenvalue weighted by molar-refractivity contribution is -0.120. The number of carbonyl (C=O) groups is 1. The van der Waals surface area contributed by atoms with Crippen LogP contribution in [-0.2, 0) is 4.79 Å². The first kappa shape index (κ1) is 14.4. The van der Waals surface area contributed by atoms with E-state index in [1.54, 1.807) is 18.3 Å². The molecule has 0 bridgehead atoms. The third kappa shape index (κ3) is 3.77. The number of carbonyl (C=O) groups excluding carboxylic acids is 1. The Balaban J connectivity index is 1.85. The van der Waals surface area contributed by atoms with Gasteiger partial charge in [-0.1, -0.05) is 53.7 Å². The Kier molecular flexibility index (Phi) is 4.46. The molecule has 0 spiro atoms. The summed E-state index contributed by atoms with van der Waals surface area (Å²) in [5.74, 6) is 0.0235. The number of nitrogens with one attached hydrogen (secondary N) is 1. The van der Waals surface area contributed by atoms with Crippen molar-refractivity contribution in [2.45, 2.75) is 29.2 Å². The maximum absolute atomic E-state index is 12.5. The van der Waals surface area contributed by atoms with Crippen LogP contribution >= 0.6 is 23.4 Å². The monoisotopic (exact) mass is 318 g/mol. The van der Waals surface area contributed by atoms with Crippen LogP contribution in [0.15, 0.2) is 53.7 Å². The molecule has 3 rings (SSSR count). The average molecular weight is 319 g/mol. The Hall–Kier alpha value is -1.52. The van der Waals surface area contributed by atoms with E-state index < -0.39 is 0 Å². The molecule has 0 radical (unpaired) electrons. The van der Waals surface area contributed by atoms with Crippen molar-refractivity contribution >= 4 is 29.3 Å². The van der Waals surface area contributed by atoms with E-state index in [0.717, 1.165) is 18.4 Å². The summed E-state index contributed by atoms with van der Waals surface area (Å²) in [6, 6.07) is 13.6. The van der Waals surface area contributed by atoms with Gasteiger partial charge in [0.2, 0.25) is 5.91 Å². The molecule has 1 N–H and O–H groups in total. The first-order valence-corrected chi connectivity index (χ1v) is 8.12. The fourth-order valence-electron chi connectivity index (χ4n) is 1.97. The number of halogens is 1. The van der Waals surface area contributed by atoms with E-state index in [1.807, 2.05) is 30.3 Å². The van der Waals surface area contributed by atoms with Gasteiger partial charge in [-0.15, -0.1) is 0 Å². The quantitative estimate of drug-likeness (QED) is 0.851. The first-order valence-electron chi connectivity index (χ1n) is 6.86. The predicted octanol–water partition coefficient (Wildman–Crippen LogP) is 3.85. The van der Waals surface area contributed by atoms with Crippen LogP contribution in [0.5, 0.6) is 0 Å². The molecule has 0 unspecified atom stereocenters. The maximum atomic E-state index is 12.5. The topological polar surface area (TPSA) is 42.0 Å². The zero-order chi connectivity index (χ0) is 14.7. The van der Waals surface area contributed by atoms with Crippen molar-refractivity contribution in [1.29, 1.82) is 0 Å². The molecule has 1 fully saturated rings. The third-order valence-corrected chi connectivity index (χ3v) is 4.91. The number of aromatic nitrogens is 1. The molecule has 3 nitrogen and oxygen atoms in total. The second-order valence-corrected chi connectivity index (χ2v) is 6.48. The molecule has 21 heavy (non-hydrogen) atoms. The second-order valence-electron chi connectivity index (χ2n) is 4.98. The summed E-state index contributed by atoms with van der Waals surface area (Å²) in [4.78, 5) is 16.8. The van der Waals surface area contributed by atoms with Crippen LogP contribution in [0.25, 0.3) is 0 Å². The molecule has 1 aromatic heterocycles. The minimum absolute atomic E-state index is 0.0235. The SMILES string of the molecule is O=C(NC1CC1)[C@@H](Sc1ncccc1Cl)c1ccccc1. The Labute approximate surface area is 133 Å². The van der Waals surface area contributed by atoms with Crippen molar-refractivity contribution in [3.63, 3.8) is 0 Å². The van der Waals surface area contributed by atoms with Crippen LogP contribution in [0.2, 0.25) is 5.02 Å². The molecule has 1 heterocycles. The van der Waals surface area contributed by atoms with Crippen molar-refractivity contribution < 1.29 is 4.79 Å².